The number of ether oxygens (including phenoxy) is 1. The van der Waals surface area contributed by atoms with Crippen LogP contribution in [0.15, 0.2) is 24.3 Å². The summed E-state index contributed by atoms with van der Waals surface area (Å²) in [5.41, 5.74) is 0. The summed E-state index contributed by atoms with van der Waals surface area (Å²) in [7, 11) is 0. The van der Waals surface area contributed by atoms with Gasteiger partial charge < -0.3 is 20.1 Å². The Morgan fingerprint density at radius 2 is 1.89 bits per heavy atom. The van der Waals surface area contributed by atoms with Crippen LogP contribution in [0.3, 0.4) is 0 Å². The summed E-state index contributed by atoms with van der Waals surface area (Å²) in [4.78, 5) is 10.5. The van der Waals surface area contributed by atoms with Gasteiger partial charge in [0.15, 0.2) is 0 Å². The summed E-state index contributed by atoms with van der Waals surface area (Å²) in [6.07, 6.45) is 14.3. The van der Waals surface area contributed by atoms with E-state index in [-0.39, 0.29) is 30.5 Å². The number of aliphatic carboxylic acids is 1. The lowest BCUT2D eigenvalue weighted by Gasteiger charge is -2.21. The highest BCUT2D eigenvalue weighted by Gasteiger charge is 2.39. The predicted octanol–water partition coefficient (Wildman–Crippen LogP) is 4.48. The van der Waals surface area contributed by atoms with Gasteiger partial charge in [-0.05, 0) is 45.4 Å². The fourth-order valence-electron chi connectivity index (χ4n) is 3.86. The predicted molar refractivity (Wildman–Crippen MR) is 112 cm³/mol. The maximum absolute atomic E-state index is 10.5. The maximum Gasteiger partial charge on any atom is 0.303 e. The molecule has 1 fully saturated rings. The fraction of sp³-hybridized carbons (Fsp3) is 0.783. The minimum absolute atomic E-state index is 0.0164. The van der Waals surface area contributed by atoms with E-state index in [4.69, 9.17) is 9.84 Å². The molecule has 0 amide bonds. The number of allylic oxidation sites excluding steroid dienone is 2. The minimum Gasteiger partial charge on any atom is -0.481 e. The standard InChI is InChI=1S/C23H40O5/c1-4-5-8-11-18(28-17(2)3)14-15-20-19(21(24)16-22(20)25)12-9-6-7-10-13-23(26)27/h6,9,14-15,17-22,24-25H,4-5,7-8,10-13,16H2,1-3H3,(H,26,27)/b9-6-,15-14+/t18-,19+,20+,21-,22+/m0/s1. The van der Waals surface area contributed by atoms with Crippen LogP contribution in [-0.2, 0) is 9.53 Å². The lowest BCUT2D eigenvalue weighted by Crippen LogP contribution is -2.21. The fourth-order valence-corrected chi connectivity index (χ4v) is 3.86. The van der Waals surface area contributed by atoms with Crippen molar-refractivity contribution in [3.8, 4) is 0 Å². The Kier molecular flexibility index (Phi) is 12.4. The van der Waals surface area contributed by atoms with Crippen molar-refractivity contribution in [1.29, 1.82) is 0 Å². The van der Waals surface area contributed by atoms with E-state index >= 15 is 0 Å². The van der Waals surface area contributed by atoms with Crippen LogP contribution >= 0.6 is 0 Å². The molecular formula is C23H40O5. The second kappa shape index (κ2) is 13.9. The number of hydrogen-bond acceptors (Lipinski definition) is 4. The molecule has 28 heavy (non-hydrogen) atoms. The number of carboxylic acids is 1. The third-order valence-corrected chi connectivity index (χ3v) is 5.34. The van der Waals surface area contributed by atoms with E-state index in [1.807, 2.05) is 32.1 Å². The van der Waals surface area contributed by atoms with Gasteiger partial charge >= 0.3 is 5.97 Å². The zero-order valence-electron chi connectivity index (χ0n) is 17.8. The van der Waals surface area contributed by atoms with E-state index in [2.05, 4.69) is 13.0 Å². The third kappa shape index (κ3) is 9.85. The zero-order valence-corrected chi connectivity index (χ0v) is 17.8. The SMILES string of the molecule is CCCCC[C@@H](/C=C/[C@@H]1[C@@H](C/C=C\CCCC(=O)O)[C@@H](O)C[C@H]1O)OC(C)C. The van der Waals surface area contributed by atoms with Crippen LogP contribution in [0.4, 0.5) is 0 Å². The number of aliphatic hydroxyl groups is 2. The molecule has 3 N–H and O–H groups in total. The molecule has 1 saturated carbocycles. The quantitative estimate of drug-likeness (QED) is 0.298. The van der Waals surface area contributed by atoms with Gasteiger partial charge in [-0.2, -0.15) is 0 Å². The van der Waals surface area contributed by atoms with Crippen LogP contribution in [0, 0.1) is 11.8 Å². The summed E-state index contributed by atoms with van der Waals surface area (Å²) < 4.78 is 6.01. The van der Waals surface area contributed by atoms with Crippen LogP contribution in [-0.4, -0.2) is 45.7 Å². The summed E-state index contributed by atoms with van der Waals surface area (Å²) >= 11 is 0. The molecule has 0 aromatic rings. The average molecular weight is 397 g/mol. The summed E-state index contributed by atoms with van der Waals surface area (Å²) in [6, 6.07) is 0. The minimum atomic E-state index is -0.773. The molecule has 0 saturated heterocycles. The number of carboxylic acid groups (broad SMARTS) is 1. The Morgan fingerprint density at radius 1 is 1.14 bits per heavy atom. The van der Waals surface area contributed by atoms with Gasteiger partial charge in [0.1, 0.15) is 0 Å². The van der Waals surface area contributed by atoms with Crippen molar-refractivity contribution in [1.82, 2.24) is 0 Å². The molecule has 5 nitrogen and oxygen atoms in total. The van der Waals surface area contributed by atoms with Crippen LogP contribution < -0.4 is 0 Å². The number of hydrogen-bond donors (Lipinski definition) is 3. The summed E-state index contributed by atoms with van der Waals surface area (Å²) in [6.45, 7) is 6.25. The molecule has 5 heteroatoms. The first-order valence-corrected chi connectivity index (χ1v) is 10.9. The Labute approximate surface area is 170 Å². The zero-order chi connectivity index (χ0) is 20.9. The van der Waals surface area contributed by atoms with E-state index in [9.17, 15) is 15.0 Å². The van der Waals surface area contributed by atoms with E-state index in [1.54, 1.807) is 0 Å². The van der Waals surface area contributed by atoms with E-state index in [0.717, 1.165) is 19.3 Å². The van der Waals surface area contributed by atoms with Gasteiger partial charge in [-0.3, -0.25) is 4.79 Å². The Morgan fingerprint density at radius 3 is 2.54 bits per heavy atom. The Bertz CT molecular complexity index is 485. The van der Waals surface area contributed by atoms with Crippen molar-refractivity contribution in [2.24, 2.45) is 11.8 Å². The third-order valence-electron chi connectivity index (χ3n) is 5.34. The largest absolute Gasteiger partial charge is 0.481 e. The monoisotopic (exact) mass is 396 g/mol. The van der Waals surface area contributed by atoms with Crippen LogP contribution in [0.2, 0.25) is 0 Å². The molecule has 162 valence electrons. The average Bonchev–Trinajstić information content (AvgIpc) is 2.88. The number of carbonyl (C=O) groups is 1. The first-order valence-electron chi connectivity index (χ1n) is 10.9. The topological polar surface area (TPSA) is 87.0 Å². The van der Waals surface area contributed by atoms with Crippen molar-refractivity contribution in [3.05, 3.63) is 24.3 Å². The highest BCUT2D eigenvalue weighted by Crippen LogP contribution is 2.36. The molecular weight excluding hydrogens is 356 g/mol. The van der Waals surface area contributed by atoms with Gasteiger partial charge in [-0.1, -0.05) is 50.5 Å². The number of unbranched alkanes of at least 4 members (excludes halogenated alkanes) is 3. The first kappa shape index (κ1) is 24.9. The molecule has 0 radical (unpaired) electrons. The Balaban J connectivity index is 2.62. The van der Waals surface area contributed by atoms with Crippen molar-refractivity contribution >= 4 is 5.97 Å². The molecule has 0 aliphatic heterocycles. The summed E-state index contributed by atoms with van der Waals surface area (Å²) in [5, 5.41) is 29.4. The molecule has 0 spiro atoms. The molecule has 0 aromatic carbocycles. The number of aliphatic hydroxyl groups excluding tert-OH is 2. The van der Waals surface area contributed by atoms with Gasteiger partial charge in [0.05, 0.1) is 24.4 Å². The van der Waals surface area contributed by atoms with Crippen LogP contribution in [0.5, 0.6) is 0 Å². The van der Waals surface area contributed by atoms with E-state index in [1.165, 1.54) is 12.8 Å². The second-order valence-electron chi connectivity index (χ2n) is 8.21. The molecule has 1 aliphatic rings. The molecule has 1 aliphatic carbocycles. The lowest BCUT2D eigenvalue weighted by molar-refractivity contribution is -0.137. The normalized spacial score (nSPS) is 26.6. The van der Waals surface area contributed by atoms with Gasteiger partial charge in [0.2, 0.25) is 0 Å². The van der Waals surface area contributed by atoms with Gasteiger partial charge in [0.25, 0.3) is 0 Å². The number of rotatable bonds is 14. The smallest absolute Gasteiger partial charge is 0.303 e. The van der Waals surface area contributed by atoms with Crippen molar-refractivity contribution in [2.45, 2.75) is 103 Å². The van der Waals surface area contributed by atoms with E-state index < -0.39 is 18.2 Å². The molecule has 5 atom stereocenters. The van der Waals surface area contributed by atoms with Gasteiger partial charge in [-0.25, -0.2) is 0 Å². The Hall–Kier alpha value is -1.17. The van der Waals surface area contributed by atoms with Crippen molar-refractivity contribution < 1.29 is 24.9 Å². The molecule has 0 aromatic heterocycles. The van der Waals surface area contributed by atoms with Crippen LogP contribution in [0.1, 0.15) is 78.6 Å². The van der Waals surface area contributed by atoms with Gasteiger partial charge in [0, 0.05) is 18.8 Å². The lowest BCUT2D eigenvalue weighted by atomic mass is 9.89. The maximum atomic E-state index is 10.5. The molecule has 0 bridgehead atoms. The highest BCUT2D eigenvalue weighted by atomic mass is 16.5. The second-order valence-corrected chi connectivity index (χ2v) is 8.21. The molecule has 0 heterocycles. The van der Waals surface area contributed by atoms with Gasteiger partial charge in [-0.15, -0.1) is 0 Å². The van der Waals surface area contributed by atoms with E-state index in [0.29, 0.717) is 19.3 Å². The summed E-state index contributed by atoms with van der Waals surface area (Å²) in [5.74, 6) is -0.870. The highest BCUT2D eigenvalue weighted by molar-refractivity contribution is 5.66. The molecule has 1 rings (SSSR count). The van der Waals surface area contributed by atoms with Crippen LogP contribution in [0.25, 0.3) is 0 Å². The van der Waals surface area contributed by atoms with Crippen molar-refractivity contribution in [2.75, 3.05) is 0 Å². The van der Waals surface area contributed by atoms with Crippen molar-refractivity contribution in [3.63, 3.8) is 0 Å². The first-order chi connectivity index (χ1) is 13.3. The molecule has 0 unspecified atom stereocenters.